The van der Waals surface area contributed by atoms with Crippen LogP contribution in [0.5, 0.6) is 0 Å². The molecule has 10 nitrogen and oxygen atoms in total. The standard InChI is InChI=1S/C26H37N5O5/c1-5-6-7-11-14-22(32)27-16-20-26(36)31(4)21(15-19-12-9-8-10-13-19)25(35)28-17-23(33)30(3)18(2)24(34)29-20/h8-10,12-13,15,18,20H,5-7,11,14,16-17H2,1-4H3,(H,27,32)(H,28,35)(H,29,34)/b21-15-/t18-,20-/m0/s1. The maximum atomic E-state index is 13.5. The highest BCUT2D eigenvalue weighted by molar-refractivity contribution is 6.04. The van der Waals surface area contributed by atoms with Crippen molar-refractivity contribution in [1.29, 1.82) is 0 Å². The van der Waals surface area contributed by atoms with Gasteiger partial charge in [0.2, 0.25) is 17.7 Å². The summed E-state index contributed by atoms with van der Waals surface area (Å²) in [7, 11) is 2.87. The van der Waals surface area contributed by atoms with Crippen molar-refractivity contribution in [2.75, 3.05) is 27.2 Å². The van der Waals surface area contributed by atoms with Crippen molar-refractivity contribution in [2.24, 2.45) is 0 Å². The molecular weight excluding hydrogens is 462 g/mol. The Kier molecular flexibility index (Phi) is 11.1. The molecule has 2 atom stereocenters. The summed E-state index contributed by atoms with van der Waals surface area (Å²) in [5.74, 6) is -2.42. The third kappa shape index (κ3) is 8.21. The summed E-state index contributed by atoms with van der Waals surface area (Å²) in [5.41, 5.74) is 0.674. The second-order valence-electron chi connectivity index (χ2n) is 8.88. The van der Waals surface area contributed by atoms with E-state index in [0.717, 1.165) is 30.6 Å². The first kappa shape index (κ1) is 28.5. The molecule has 10 heteroatoms. The number of carbonyl (C=O) groups excluding carboxylic acids is 5. The fraction of sp³-hybridized carbons (Fsp3) is 0.500. The maximum absolute atomic E-state index is 13.5. The molecule has 1 aromatic carbocycles. The Morgan fingerprint density at radius 3 is 2.44 bits per heavy atom. The van der Waals surface area contributed by atoms with Gasteiger partial charge >= 0.3 is 0 Å². The van der Waals surface area contributed by atoms with Crippen LogP contribution in [0, 0.1) is 0 Å². The number of hydrogen-bond acceptors (Lipinski definition) is 5. The number of carbonyl (C=O) groups is 5. The fourth-order valence-corrected chi connectivity index (χ4v) is 3.65. The van der Waals surface area contributed by atoms with Crippen LogP contribution in [0.1, 0.15) is 51.5 Å². The van der Waals surface area contributed by atoms with Crippen molar-refractivity contribution < 1.29 is 24.0 Å². The number of nitrogens with zero attached hydrogens (tertiary/aromatic N) is 2. The van der Waals surface area contributed by atoms with Gasteiger partial charge in [0.25, 0.3) is 11.8 Å². The molecular formula is C26H37N5O5. The number of amides is 5. The Morgan fingerprint density at radius 2 is 1.78 bits per heavy atom. The summed E-state index contributed by atoms with van der Waals surface area (Å²) in [6.45, 7) is 3.13. The molecule has 1 heterocycles. The number of rotatable bonds is 8. The molecule has 5 amide bonds. The maximum Gasteiger partial charge on any atom is 0.268 e. The summed E-state index contributed by atoms with van der Waals surface area (Å²) in [5, 5.41) is 7.91. The van der Waals surface area contributed by atoms with Crippen LogP contribution in [0.15, 0.2) is 36.0 Å². The lowest BCUT2D eigenvalue weighted by molar-refractivity contribution is -0.141. The number of benzene rings is 1. The van der Waals surface area contributed by atoms with Gasteiger partial charge in [-0.05, 0) is 25.0 Å². The van der Waals surface area contributed by atoms with E-state index >= 15 is 0 Å². The average molecular weight is 500 g/mol. The number of nitrogens with one attached hydrogen (secondary N) is 3. The zero-order valence-electron chi connectivity index (χ0n) is 21.5. The Bertz CT molecular complexity index is 978. The van der Waals surface area contributed by atoms with E-state index in [1.807, 2.05) is 6.07 Å². The van der Waals surface area contributed by atoms with Gasteiger partial charge in [-0.3, -0.25) is 24.0 Å². The van der Waals surface area contributed by atoms with E-state index in [1.165, 1.54) is 32.0 Å². The fourth-order valence-electron chi connectivity index (χ4n) is 3.65. The smallest absolute Gasteiger partial charge is 0.268 e. The third-order valence-corrected chi connectivity index (χ3v) is 6.16. The lowest BCUT2D eigenvalue weighted by Gasteiger charge is -2.30. The Morgan fingerprint density at radius 1 is 1.08 bits per heavy atom. The highest BCUT2D eigenvalue weighted by Gasteiger charge is 2.33. The SMILES string of the molecule is CCCCCCC(=O)NC[C@@H]1NC(=O)[C@H](C)N(C)C(=O)CNC(=O)/C(=C/c2ccccc2)N(C)C1=O. The largest absolute Gasteiger partial charge is 0.353 e. The first-order valence-electron chi connectivity index (χ1n) is 12.3. The molecule has 0 aliphatic carbocycles. The summed E-state index contributed by atoms with van der Waals surface area (Å²) in [6, 6.07) is 6.92. The summed E-state index contributed by atoms with van der Waals surface area (Å²) in [4.78, 5) is 66.6. The lowest BCUT2D eigenvalue weighted by Crippen LogP contribution is -2.58. The van der Waals surface area contributed by atoms with E-state index in [-0.39, 0.29) is 24.7 Å². The van der Waals surface area contributed by atoms with Crippen LogP contribution in [0.3, 0.4) is 0 Å². The van der Waals surface area contributed by atoms with Gasteiger partial charge in [0.05, 0.1) is 6.54 Å². The molecule has 1 saturated heterocycles. The first-order chi connectivity index (χ1) is 17.1. The zero-order chi connectivity index (χ0) is 26.7. The second kappa shape index (κ2) is 14.0. The van der Waals surface area contributed by atoms with Crippen LogP contribution in [0.25, 0.3) is 6.08 Å². The summed E-state index contributed by atoms with van der Waals surface area (Å²) >= 11 is 0. The summed E-state index contributed by atoms with van der Waals surface area (Å²) < 4.78 is 0. The molecule has 36 heavy (non-hydrogen) atoms. The molecule has 0 saturated carbocycles. The van der Waals surface area contributed by atoms with Gasteiger partial charge < -0.3 is 25.8 Å². The van der Waals surface area contributed by atoms with E-state index < -0.39 is 35.7 Å². The van der Waals surface area contributed by atoms with Crippen LogP contribution >= 0.6 is 0 Å². The Balaban J connectivity index is 2.33. The molecule has 1 aromatic rings. The Labute approximate surface area is 212 Å². The van der Waals surface area contributed by atoms with Crippen LogP contribution in [0.2, 0.25) is 0 Å². The normalized spacial score (nSPS) is 20.9. The lowest BCUT2D eigenvalue weighted by atomic mass is 10.1. The number of unbranched alkanes of at least 4 members (excludes halogenated alkanes) is 3. The van der Waals surface area contributed by atoms with Gasteiger partial charge in [0, 0.05) is 27.1 Å². The number of likely N-dealkylation sites (N-methyl/N-ethyl adjacent to an activating group) is 2. The zero-order valence-corrected chi connectivity index (χ0v) is 21.5. The second-order valence-corrected chi connectivity index (χ2v) is 8.88. The van der Waals surface area contributed by atoms with Crippen molar-refractivity contribution in [3.8, 4) is 0 Å². The molecule has 1 fully saturated rings. The van der Waals surface area contributed by atoms with Crippen LogP contribution in [0.4, 0.5) is 0 Å². The molecule has 0 aromatic heterocycles. The highest BCUT2D eigenvalue weighted by Crippen LogP contribution is 2.13. The average Bonchev–Trinajstić information content (AvgIpc) is 2.88. The van der Waals surface area contributed by atoms with Crippen molar-refractivity contribution >= 4 is 35.6 Å². The highest BCUT2D eigenvalue weighted by atomic mass is 16.2. The first-order valence-corrected chi connectivity index (χ1v) is 12.3. The van der Waals surface area contributed by atoms with Crippen LogP contribution in [-0.2, 0) is 24.0 Å². The van der Waals surface area contributed by atoms with Crippen molar-refractivity contribution in [1.82, 2.24) is 25.8 Å². The Hall–Kier alpha value is -3.69. The molecule has 0 spiro atoms. The van der Waals surface area contributed by atoms with Crippen molar-refractivity contribution in [3.63, 3.8) is 0 Å². The van der Waals surface area contributed by atoms with E-state index in [4.69, 9.17) is 0 Å². The van der Waals surface area contributed by atoms with Gasteiger partial charge in [0.1, 0.15) is 17.8 Å². The number of hydrogen-bond donors (Lipinski definition) is 3. The quantitative estimate of drug-likeness (QED) is 0.364. The predicted octanol–water partition coefficient (Wildman–Crippen LogP) is 1.03. The van der Waals surface area contributed by atoms with E-state index in [9.17, 15) is 24.0 Å². The van der Waals surface area contributed by atoms with E-state index in [1.54, 1.807) is 24.3 Å². The van der Waals surface area contributed by atoms with Gasteiger partial charge in [0.15, 0.2) is 0 Å². The molecule has 196 valence electrons. The third-order valence-electron chi connectivity index (χ3n) is 6.16. The van der Waals surface area contributed by atoms with Crippen molar-refractivity contribution in [3.05, 3.63) is 41.6 Å². The molecule has 1 aliphatic rings. The monoisotopic (exact) mass is 499 g/mol. The van der Waals surface area contributed by atoms with E-state index in [0.29, 0.717) is 12.0 Å². The minimum atomic E-state index is -1.14. The topological polar surface area (TPSA) is 128 Å². The summed E-state index contributed by atoms with van der Waals surface area (Å²) in [6.07, 6.45) is 5.61. The van der Waals surface area contributed by atoms with Gasteiger partial charge in [-0.2, -0.15) is 0 Å². The molecule has 1 aliphatic heterocycles. The molecule has 2 rings (SSSR count). The predicted molar refractivity (Wildman–Crippen MR) is 136 cm³/mol. The van der Waals surface area contributed by atoms with Gasteiger partial charge in [-0.15, -0.1) is 0 Å². The molecule has 3 N–H and O–H groups in total. The van der Waals surface area contributed by atoms with Crippen LogP contribution < -0.4 is 16.0 Å². The molecule has 0 radical (unpaired) electrons. The molecule has 0 bridgehead atoms. The minimum Gasteiger partial charge on any atom is -0.353 e. The van der Waals surface area contributed by atoms with E-state index in [2.05, 4.69) is 22.9 Å². The van der Waals surface area contributed by atoms with Crippen LogP contribution in [-0.4, -0.2) is 78.6 Å². The van der Waals surface area contributed by atoms with Crippen molar-refractivity contribution in [2.45, 2.75) is 58.0 Å². The van der Waals surface area contributed by atoms with Gasteiger partial charge in [-0.25, -0.2) is 0 Å². The minimum absolute atomic E-state index is 0.000385. The van der Waals surface area contributed by atoms with Gasteiger partial charge in [-0.1, -0.05) is 56.5 Å². The molecule has 0 unspecified atom stereocenters.